The molecule has 0 aliphatic carbocycles. The Morgan fingerprint density at radius 3 is 2.39 bits per heavy atom. The van der Waals surface area contributed by atoms with E-state index in [9.17, 15) is 15.0 Å². The summed E-state index contributed by atoms with van der Waals surface area (Å²) in [5.41, 5.74) is 3.39. The molecule has 0 radical (unpaired) electrons. The monoisotopic (exact) mass is 440 g/mol. The van der Waals surface area contributed by atoms with Gasteiger partial charge < -0.3 is 19.8 Å². The number of ether oxygens (including phenoxy) is 1. The Hall–Kier alpha value is -3.19. The molecular formula is C24H28N2O4S. The minimum atomic E-state index is -0.350. The van der Waals surface area contributed by atoms with E-state index in [2.05, 4.69) is 11.6 Å². The zero-order valence-corrected chi connectivity index (χ0v) is 19.5. The third-order valence-corrected chi connectivity index (χ3v) is 5.54. The van der Waals surface area contributed by atoms with E-state index in [1.165, 1.54) is 18.9 Å². The SMILES string of the molecule is C=C(C)c1cc(-c2cc(/C=C3\SC(N(C)C)=NC3=O)c(O)c(OC)c2)ccc1O.CC. The first-order valence-corrected chi connectivity index (χ1v) is 10.6. The molecule has 0 saturated carbocycles. The molecule has 0 aromatic heterocycles. The molecule has 2 N–H and O–H groups in total. The van der Waals surface area contributed by atoms with Gasteiger partial charge in [-0.1, -0.05) is 26.5 Å². The molecule has 2 aromatic carbocycles. The lowest BCUT2D eigenvalue weighted by Crippen LogP contribution is -2.16. The number of allylic oxidation sites excluding steroid dienone is 1. The second-order valence-corrected chi connectivity index (χ2v) is 7.84. The third kappa shape index (κ3) is 5.30. The van der Waals surface area contributed by atoms with E-state index in [1.807, 2.05) is 40.9 Å². The van der Waals surface area contributed by atoms with E-state index >= 15 is 0 Å². The number of phenolic OH excluding ortho intramolecular Hbond substituents is 2. The summed E-state index contributed by atoms with van der Waals surface area (Å²) in [6.45, 7) is 9.71. The number of aliphatic imine (C=N–C) groups is 1. The van der Waals surface area contributed by atoms with Crippen LogP contribution in [0.5, 0.6) is 17.2 Å². The molecule has 7 heteroatoms. The maximum absolute atomic E-state index is 12.2. The van der Waals surface area contributed by atoms with E-state index in [1.54, 1.807) is 35.2 Å². The molecule has 1 aliphatic rings. The number of phenols is 2. The van der Waals surface area contributed by atoms with Crippen LogP contribution in [0.25, 0.3) is 22.8 Å². The molecular weight excluding hydrogens is 412 g/mol. The predicted octanol–water partition coefficient (Wildman–Crippen LogP) is 5.36. The number of aromatic hydroxyl groups is 2. The number of nitrogens with zero attached hydrogens (tertiary/aromatic N) is 2. The number of hydrogen-bond acceptors (Lipinski definition) is 6. The number of hydrogen-bond donors (Lipinski definition) is 2. The molecule has 0 spiro atoms. The predicted molar refractivity (Wildman–Crippen MR) is 130 cm³/mol. The highest BCUT2D eigenvalue weighted by atomic mass is 32.2. The number of amidine groups is 1. The van der Waals surface area contributed by atoms with Crippen LogP contribution in [-0.2, 0) is 4.79 Å². The van der Waals surface area contributed by atoms with Crippen LogP contribution in [0.1, 0.15) is 31.9 Å². The zero-order valence-electron chi connectivity index (χ0n) is 18.7. The maximum Gasteiger partial charge on any atom is 0.286 e. The highest BCUT2D eigenvalue weighted by molar-refractivity contribution is 8.18. The van der Waals surface area contributed by atoms with Gasteiger partial charge in [-0.15, -0.1) is 0 Å². The van der Waals surface area contributed by atoms with Gasteiger partial charge in [0.15, 0.2) is 16.7 Å². The number of amides is 1. The molecule has 0 atom stereocenters. The zero-order chi connectivity index (χ0) is 23.3. The minimum Gasteiger partial charge on any atom is -0.507 e. The fourth-order valence-electron chi connectivity index (χ4n) is 2.85. The summed E-state index contributed by atoms with van der Waals surface area (Å²) in [6.07, 6.45) is 1.61. The highest BCUT2D eigenvalue weighted by Gasteiger charge is 2.24. The topological polar surface area (TPSA) is 82.4 Å². The smallest absolute Gasteiger partial charge is 0.286 e. The molecule has 1 heterocycles. The Bertz CT molecular complexity index is 1070. The molecule has 0 fully saturated rings. The van der Waals surface area contributed by atoms with Gasteiger partial charge in [0.05, 0.1) is 12.0 Å². The normalized spacial score (nSPS) is 14.1. The number of methoxy groups -OCH3 is 1. The number of rotatable bonds is 4. The van der Waals surface area contributed by atoms with E-state index in [0.717, 1.165) is 16.7 Å². The van der Waals surface area contributed by atoms with Gasteiger partial charge in [0.1, 0.15) is 5.75 Å². The summed E-state index contributed by atoms with van der Waals surface area (Å²) < 4.78 is 5.33. The van der Waals surface area contributed by atoms with E-state index < -0.39 is 0 Å². The van der Waals surface area contributed by atoms with Crippen LogP contribution in [0.15, 0.2) is 46.8 Å². The molecule has 31 heavy (non-hydrogen) atoms. The van der Waals surface area contributed by atoms with Crippen molar-refractivity contribution in [2.45, 2.75) is 20.8 Å². The van der Waals surface area contributed by atoms with Crippen molar-refractivity contribution in [1.82, 2.24) is 4.90 Å². The van der Waals surface area contributed by atoms with Gasteiger partial charge in [0, 0.05) is 25.2 Å². The average molecular weight is 441 g/mol. The van der Waals surface area contributed by atoms with E-state index in [0.29, 0.717) is 21.2 Å². The fraction of sp³-hybridized carbons (Fsp3) is 0.250. The summed E-state index contributed by atoms with van der Waals surface area (Å²) >= 11 is 1.24. The first-order valence-electron chi connectivity index (χ1n) is 9.81. The van der Waals surface area contributed by atoms with Crippen molar-refractivity contribution >= 4 is 34.5 Å². The molecule has 3 rings (SSSR count). The van der Waals surface area contributed by atoms with Crippen LogP contribution in [0, 0.1) is 0 Å². The minimum absolute atomic E-state index is 0.0608. The lowest BCUT2D eigenvalue weighted by Gasteiger charge is -2.13. The van der Waals surface area contributed by atoms with Crippen molar-refractivity contribution in [2.24, 2.45) is 4.99 Å². The van der Waals surface area contributed by atoms with E-state index in [-0.39, 0.29) is 23.2 Å². The van der Waals surface area contributed by atoms with Gasteiger partial charge in [0.25, 0.3) is 5.91 Å². The average Bonchev–Trinajstić information content (AvgIpc) is 3.12. The van der Waals surface area contributed by atoms with Gasteiger partial charge in [0.2, 0.25) is 0 Å². The van der Waals surface area contributed by atoms with Crippen LogP contribution < -0.4 is 4.74 Å². The Labute approximate surface area is 187 Å². The Kier molecular flexibility index (Phi) is 7.94. The lowest BCUT2D eigenvalue weighted by molar-refractivity contribution is -0.113. The van der Waals surface area contributed by atoms with Crippen LogP contribution in [-0.4, -0.2) is 47.4 Å². The van der Waals surface area contributed by atoms with E-state index in [4.69, 9.17) is 4.74 Å². The summed E-state index contributed by atoms with van der Waals surface area (Å²) in [5.74, 6) is 0.0187. The first-order chi connectivity index (χ1) is 14.7. The van der Waals surface area contributed by atoms with Gasteiger partial charge in [-0.05, 0) is 65.7 Å². The van der Waals surface area contributed by atoms with Crippen LogP contribution in [0.4, 0.5) is 0 Å². The van der Waals surface area contributed by atoms with Gasteiger partial charge in [-0.2, -0.15) is 4.99 Å². The molecule has 2 aromatic rings. The summed E-state index contributed by atoms with van der Waals surface area (Å²) in [6, 6.07) is 8.67. The van der Waals surface area contributed by atoms with Crippen molar-refractivity contribution in [3.63, 3.8) is 0 Å². The number of carbonyl (C=O) groups excluding carboxylic acids is 1. The highest BCUT2D eigenvalue weighted by Crippen LogP contribution is 2.40. The Morgan fingerprint density at radius 1 is 1.16 bits per heavy atom. The summed E-state index contributed by atoms with van der Waals surface area (Å²) in [4.78, 5) is 18.4. The standard InChI is InChI=1S/C22H22N2O4S.C2H6/c1-12(2)16-9-13(6-7-17(16)25)14-8-15(20(26)18(10-14)28-5)11-19-21(27)23-22(29-19)24(3)4;1-2/h6-11,25-26H,1H2,2-5H3;1-2H3/b19-11-;. The molecule has 6 nitrogen and oxygen atoms in total. The van der Waals surface area contributed by atoms with Crippen LogP contribution in [0.3, 0.4) is 0 Å². The second kappa shape index (κ2) is 10.2. The quantitative estimate of drug-likeness (QED) is 0.623. The molecule has 1 amide bonds. The fourth-order valence-corrected chi connectivity index (χ4v) is 3.68. The van der Waals surface area contributed by atoms with Crippen molar-refractivity contribution < 1.29 is 19.7 Å². The van der Waals surface area contributed by atoms with Gasteiger partial charge >= 0.3 is 0 Å². The molecule has 1 aliphatic heterocycles. The maximum atomic E-state index is 12.2. The van der Waals surface area contributed by atoms with Gasteiger partial charge in [-0.3, -0.25) is 4.79 Å². The van der Waals surface area contributed by atoms with Crippen molar-refractivity contribution in [2.75, 3.05) is 21.2 Å². The van der Waals surface area contributed by atoms with Crippen LogP contribution in [0.2, 0.25) is 0 Å². The summed E-state index contributed by atoms with van der Waals surface area (Å²) in [5, 5.41) is 21.2. The molecule has 0 unspecified atom stereocenters. The Morgan fingerprint density at radius 2 is 1.84 bits per heavy atom. The summed E-state index contributed by atoms with van der Waals surface area (Å²) in [7, 11) is 5.09. The molecule has 164 valence electrons. The van der Waals surface area contributed by atoms with Crippen molar-refractivity contribution in [3.05, 3.63) is 52.9 Å². The first kappa shape index (κ1) is 24.1. The van der Waals surface area contributed by atoms with Crippen LogP contribution >= 0.6 is 11.8 Å². The Balaban J connectivity index is 0.00000166. The van der Waals surface area contributed by atoms with Crippen molar-refractivity contribution in [1.29, 1.82) is 0 Å². The van der Waals surface area contributed by atoms with Crippen molar-refractivity contribution in [3.8, 4) is 28.4 Å². The third-order valence-electron chi connectivity index (χ3n) is 4.39. The molecule has 0 bridgehead atoms. The number of thioether (sulfide) groups is 1. The second-order valence-electron chi connectivity index (χ2n) is 6.83. The largest absolute Gasteiger partial charge is 0.507 e. The number of carbonyl (C=O) groups is 1. The molecule has 0 saturated heterocycles. The number of benzene rings is 2. The van der Waals surface area contributed by atoms with Gasteiger partial charge in [-0.25, -0.2) is 0 Å². The lowest BCUT2D eigenvalue weighted by atomic mass is 9.97.